The average molecular weight is 305 g/mol. The molecule has 1 aromatic rings. The molecule has 1 atom stereocenters. The zero-order valence-electron chi connectivity index (χ0n) is 13.9. The molecule has 0 heterocycles. The van der Waals surface area contributed by atoms with Crippen molar-refractivity contribution in [2.45, 2.75) is 46.0 Å². The number of ketones is 1. The fourth-order valence-electron chi connectivity index (χ4n) is 2.27. The van der Waals surface area contributed by atoms with Gasteiger partial charge in [-0.05, 0) is 37.8 Å². The minimum Gasteiger partial charge on any atom is -0.496 e. The molecule has 0 fully saturated rings. The summed E-state index contributed by atoms with van der Waals surface area (Å²) < 4.78 is 5.28. The standard InChI is InChI=1S/C18H27NO3/c1-14(15(2)20)8-4-7-11-18(21)19-13-12-16-9-5-6-10-17(16)22-3/h5-6,9-10,14H,4,7-8,11-13H2,1-3H3,(H,19,21)/t14-/m1/s1. The number of methoxy groups -OCH3 is 1. The van der Waals surface area contributed by atoms with Crippen LogP contribution in [0.15, 0.2) is 24.3 Å². The summed E-state index contributed by atoms with van der Waals surface area (Å²) in [6.07, 6.45) is 3.90. The van der Waals surface area contributed by atoms with E-state index < -0.39 is 0 Å². The van der Waals surface area contributed by atoms with Crippen LogP contribution in [0.4, 0.5) is 0 Å². The van der Waals surface area contributed by atoms with Gasteiger partial charge in [-0.15, -0.1) is 0 Å². The Balaban J connectivity index is 2.17. The second-order valence-electron chi connectivity index (χ2n) is 5.67. The van der Waals surface area contributed by atoms with E-state index in [1.165, 1.54) is 0 Å². The number of hydrogen-bond donors (Lipinski definition) is 1. The molecular weight excluding hydrogens is 278 g/mol. The molecule has 0 spiro atoms. The highest BCUT2D eigenvalue weighted by Crippen LogP contribution is 2.17. The summed E-state index contributed by atoms with van der Waals surface area (Å²) in [6.45, 7) is 4.17. The number of benzene rings is 1. The summed E-state index contributed by atoms with van der Waals surface area (Å²) in [5.41, 5.74) is 1.10. The van der Waals surface area contributed by atoms with Crippen LogP contribution in [0.25, 0.3) is 0 Å². The van der Waals surface area contributed by atoms with Gasteiger partial charge in [-0.25, -0.2) is 0 Å². The van der Waals surface area contributed by atoms with Crippen LogP contribution in [-0.4, -0.2) is 25.3 Å². The molecule has 0 saturated heterocycles. The Morgan fingerprint density at radius 3 is 2.64 bits per heavy atom. The lowest BCUT2D eigenvalue weighted by molar-refractivity contribution is -0.121. The van der Waals surface area contributed by atoms with Gasteiger partial charge in [-0.2, -0.15) is 0 Å². The largest absolute Gasteiger partial charge is 0.496 e. The van der Waals surface area contributed by atoms with Gasteiger partial charge < -0.3 is 10.1 Å². The van der Waals surface area contributed by atoms with Gasteiger partial charge in [0.1, 0.15) is 11.5 Å². The quantitative estimate of drug-likeness (QED) is 0.676. The van der Waals surface area contributed by atoms with Gasteiger partial charge >= 0.3 is 0 Å². The summed E-state index contributed by atoms with van der Waals surface area (Å²) in [6, 6.07) is 7.83. The average Bonchev–Trinajstić information content (AvgIpc) is 2.51. The summed E-state index contributed by atoms with van der Waals surface area (Å²) in [7, 11) is 1.65. The number of ether oxygens (including phenoxy) is 1. The monoisotopic (exact) mass is 305 g/mol. The molecule has 0 aromatic heterocycles. The lowest BCUT2D eigenvalue weighted by Gasteiger charge is -2.09. The van der Waals surface area contributed by atoms with Crippen molar-refractivity contribution in [2.75, 3.05) is 13.7 Å². The molecule has 0 saturated carbocycles. The summed E-state index contributed by atoms with van der Waals surface area (Å²) in [5, 5.41) is 2.93. The van der Waals surface area contributed by atoms with Gasteiger partial charge in [-0.1, -0.05) is 31.5 Å². The number of carbonyl (C=O) groups is 2. The molecule has 122 valence electrons. The maximum Gasteiger partial charge on any atom is 0.220 e. The highest BCUT2D eigenvalue weighted by atomic mass is 16.5. The molecule has 0 aliphatic carbocycles. The van der Waals surface area contributed by atoms with Crippen molar-refractivity contribution < 1.29 is 14.3 Å². The van der Waals surface area contributed by atoms with Crippen LogP contribution in [0.5, 0.6) is 5.75 Å². The minimum atomic E-state index is 0.0744. The number of carbonyl (C=O) groups excluding carboxylic acids is 2. The number of unbranched alkanes of at least 4 members (excludes halogenated alkanes) is 1. The highest BCUT2D eigenvalue weighted by Gasteiger charge is 2.08. The predicted octanol–water partition coefficient (Wildman–Crippen LogP) is 3.14. The second-order valence-corrected chi connectivity index (χ2v) is 5.67. The molecule has 1 rings (SSSR count). The topological polar surface area (TPSA) is 55.4 Å². The van der Waals surface area contributed by atoms with E-state index in [-0.39, 0.29) is 17.6 Å². The van der Waals surface area contributed by atoms with Crippen LogP contribution < -0.4 is 10.1 Å². The smallest absolute Gasteiger partial charge is 0.220 e. The van der Waals surface area contributed by atoms with Gasteiger partial charge in [0, 0.05) is 18.9 Å². The van der Waals surface area contributed by atoms with E-state index in [0.29, 0.717) is 13.0 Å². The molecule has 4 nitrogen and oxygen atoms in total. The Hall–Kier alpha value is -1.84. The molecule has 4 heteroatoms. The molecule has 1 aromatic carbocycles. The molecule has 0 radical (unpaired) electrons. The van der Waals surface area contributed by atoms with Gasteiger partial charge in [0.2, 0.25) is 5.91 Å². The van der Waals surface area contributed by atoms with Gasteiger partial charge in [0.05, 0.1) is 7.11 Å². The SMILES string of the molecule is COc1ccccc1CCNC(=O)CCCC[C@@H](C)C(C)=O. The normalized spacial score (nSPS) is 11.8. The Kier molecular flexibility index (Phi) is 8.26. The van der Waals surface area contributed by atoms with E-state index in [0.717, 1.165) is 37.0 Å². The van der Waals surface area contributed by atoms with Crippen molar-refractivity contribution in [3.8, 4) is 5.75 Å². The third-order valence-corrected chi connectivity index (χ3v) is 3.89. The Morgan fingerprint density at radius 2 is 1.95 bits per heavy atom. The van der Waals surface area contributed by atoms with Crippen molar-refractivity contribution in [2.24, 2.45) is 5.92 Å². The van der Waals surface area contributed by atoms with E-state index >= 15 is 0 Å². The van der Waals surface area contributed by atoms with Crippen LogP contribution in [0, 0.1) is 5.92 Å². The fourth-order valence-corrected chi connectivity index (χ4v) is 2.27. The molecule has 0 bridgehead atoms. The first-order valence-corrected chi connectivity index (χ1v) is 7.93. The third-order valence-electron chi connectivity index (χ3n) is 3.89. The Bertz CT molecular complexity index is 485. The van der Waals surface area contributed by atoms with Crippen LogP contribution in [0.3, 0.4) is 0 Å². The lowest BCUT2D eigenvalue weighted by atomic mass is 10.00. The zero-order valence-corrected chi connectivity index (χ0v) is 13.9. The summed E-state index contributed by atoms with van der Waals surface area (Å²) in [4.78, 5) is 22.9. The van der Waals surface area contributed by atoms with Gasteiger partial charge in [-0.3, -0.25) is 9.59 Å². The molecule has 0 aliphatic heterocycles. The Morgan fingerprint density at radius 1 is 1.23 bits per heavy atom. The van der Waals surface area contributed by atoms with E-state index in [1.54, 1.807) is 14.0 Å². The summed E-state index contributed by atoms with van der Waals surface area (Å²) in [5.74, 6) is 1.26. The molecule has 22 heavy (non-hydrogen) atoms. The Labute approximate surface area is 133 Å². The molecule has 1 amide bonds. The highest BCUT2D eigenvalue weighted by molar-refractivity contribution is 5.77. The predicted molar refractivity (Wildman–Crippen MR) is 88.0 cm³/mol. The van der Waals surface area contributed by atoms with Gasteiger partial charge in [0.25, 0.3) is 0 Å². The van der Waals surface area contributed by atoms with Crippen LogP contribution in [0.1, 0.15) is 45.1 Å². The molecule has 1 N–H and O–H groups in total. The third kappa shape index (κ3) is 6.74. The number of rotatable bonds is 10. The van der Waals surface area contributed by atoms with E-state index in [2.05, 4.69) is 5.32 Å². The maximum atomic E-state index is 11.8. The van der Waals surface area contributed by atoms with Crippen molar-refractivity contribution in [3.05, 3.63) is 29.8 Å². The van der Waals surface area contributed by atoms with Crippen molar-refractivity contribution in [1.29, 1.82) is 0 Å². The number of amides is 1. The maximum absolute atomic E-state index is 11.8. The van der Waals surface area contributed by atoms with Crippen molar-refractivity contribution in [1.82, 2.24) is 5.32 Å². The first-order valence-electron chi connectivity index (χ1n) is 7.93. The number of hydrogen-bond acceptors (Lipinski definition) is 3. The van der Waals surface area contributed by atoms with E-state index in [9.17, 15) is 9.59 Å². The number of para-hydroxylation sites is 1. The lowest BCUT2D eigenvalue weighted by Crippen LogP contribution is -2.25. The van der Waals surface area contributed by atoms with Gasteiger partial charge in [0.15, 0.2) is 0 Å². The fraction of sp³-hybridized carbons (Fsp3) is 0.556. The molecular formula is C18H27NO3. The van der Waals surface area contributed by atoms with E-state index in [1.807, 2.05) is 31.2 Å². The first-order chi connectivity index (χ1) is 10.5. The van der Waals surface area contributed by atoms with Crippen molar-refractivity contribution in [3.63, 3.8) is 0 Å². The second kappa shape index (κ2) is 9.98. The minimum absolute atomic E-state index is 0.0744. The van der Waals surface area contributed by atoms with Crippen LogP contribution >= 0.6 is 0 Å². The van der Waals surface area contributed by atoms with Crippen LogP contribution in [-0.2, 0) is 16.0 Å². The number of Topliss-reactive ketones (excluding diaryl/α,β-unsaturated/α-hetero) is 1. The molecule has 0 unspecified atom stereocenters. The first kappa shape index (κ1) is 18.2. The van der Waals surface area contributed by atoms with E-state index in [4.69, 9.17) is 4.74 Å². The van der Waals surface area contributed by atoms with Crippen molar-refractivity contribution >= 4 is 11.7 Å². The van der Waals surface area contributed by atoms with Crippen LogP contribution in [0.2, 0.25) is 0 Å². The zero-order chi connectivity index (χ0) is 16.4. The summed E-state index contributed by atoms with van der Waals surface area (Å²) >= 11 is 0. The number of nitrogens with one attached hydrogen (secondary N) is 1. The molecule has 0 aliphatic rings.